The summed E-state index contributed by atoms with van der Waals surface area (Å²) in [7, 11) is 3.08. The van der Waals surface area contributed by atoms with Crippen LogP contribution in [0.4, 0.5) is 0 Å². The lowest BCUT2D eigenvalue weighted by atomic mass is 9.34. The number of carbonyl (C=O) groups is 2. The van der Waals surface area contributed by atoms with Gasteiger partial charge in [-0.1, -0.05) is 45.4 Å². The summed E-state index contributed by atoms with van der Waals surface area (Å²) in [4.78, 5) is 22.6. The third-order valence-electron chi connectivity index (χ3n) is 13.4. The van der Waals surface area contributed by atoms with E-state index in [0.29, 0.717) is 17.4 Å². The highest BCUT2D eigenvalue weighted by atomic mass is 16.5. The third-order valence-corrected chi connectivity index (χ3v) is 13.4. The zero-order valence-electron chi connectivity index (χ0n) is 29.7. The second-order valence-corrected chi connectivity index (χ2v) is 15.9. The number of carboxylic acid groups (broad SMARTS) is 2. The maximum Gasteiger partial charge on any atom is 0.328 e. The number of ether oxygens (including phenoxy) is 2. The molecule has 2 aromatic carbocycles. The topological polar surface area (TPSA) is 134 Å². The van der Waals surface area contributed by atoms with Crippen LogP contribution in [0.2, 0.25) is 0 Å². The standard InChI is InChI=1S/C29H40O4.C11H12O4/c1-17-18-7-8-21-27(4,19(18)15-20(30)23(17)31)12-14-29(6)22-16-26(3,24(32)33)10-9-25(22,2)11-13-28(21,29)5;1-14-9-5-3-8(4-6-11(12)13)7-10(9)15-2/h8,15,22,30-31H,7,9-14,16H2,1-6H3,(H,32,33);3-7H,1-2H3,(H,12,13). The van der Waals surface area contributed by atoms with Gasteiger partial charge in [0, 0.05) is 11.5 Å². The van der Waals surface area contributed by atoms with Crippen LogP contribution in [0.3, 0.4) is 0 Å². The Morgan fingerprint density at radius 3 is 2.17 bits per heavy atom. The minimum absolute atomic E-state index is 0.00431. The SMILES string of the molecule is COc1ccc(C=CC(=O)O)cc1OC.Cc1c(O)c(O)cc2c1CC=C1C2(C)CCC2(C)C3CC(C)(C(=O)O)CCC3(C)CCC12C. The number of phenols is 2. The summed E-state index contributed by atoms with van der Waals surface area (Å²) in [5, 5.41) is 39.4. The van der Waals surface area contributed by atoms with E-state index in [1.165, 1.54) is 24.3 Å². The van der Waals surface area contributed by atoms with Gasteiger partial charge in [-0.25, -0.2) is 4.79 Å². The molecule has 0 aliphatic heterocycles. The molecule has 4 aliphatic rings. The molecule has 2 aromatic rings. The Bertz CT molecular complexity index is 1690. The number of carboxylic acids is 2. The van der Waals surface area contributed by atoms with Crippen molar-refractivity contribution >= 4 is 18.0 Å². The number of phenolic OH excluding ortho intramolecular Hbond substituents is 2. The predicted octanol–water partition coefficient (Wildman–Crippen LogP) is 8.45. The van der Waals surface area contributed by atoms with Crippen LogP contribution in [0.1, 0.15) is 102 Å². The molecule has 0 heterocycles. The molecule has 0 radical (unpaired) electrons. The Balaban J connectivity index is 0.000000253. The molecule has 8 nitrogen and oxygen atoms in total. The van der Waals surface area contributed by atoms with Crippen molar-refractivity contribution in [2.45, 2.75) is 98.3 Å². The quantitative estimate of drug-likeness (QED) is 0.143. The third kappa shape index (κ3) is 5.45. The summed E-state index contributed by atoms with van der Waals surface area (Å²) in [5.74, 6) is -0.0737. The first-order valence-electron chi connectivity index (χ1n) is 17.0. The zero-order chi connectivity index (χ0) is 35.4. The van der Waals surface area contributed by atoms with E-state index in [-0.39, 0.29) is 33.2 Å². The van der Waals surface area contributed by atoms with E-state index in [1.807, 2.05) is 19.9 Å². The summed E-state index contributed by atoms with van der Waals surface area (Å²) < 4.78 is 10.1. The van der Waals surface area contributed by atoms with Crippen LogP contribution in [0.25, 0.3) is 6.08 Å². The van der Waals surface area contributed by atoms with Gasteiger partial charge in [0.1, 0.15) is 0 Å². The summed E-state index contributed by atoms with van der Waals surface area (Å²) >= 11 is 0. The molecule has 4 aliphatic carbocycles. The van der Waals surface area contributed by atoms with E-state index in [0.717, 1.165) is 74.1 Å². The highest BCUT2D eigenvalue weighted by Gasteiger charge is 2.67. The second-order valence-electron chi connectivity index (χ2n) is 15.9. The van der Waals surface area contributed by atoms with Gasteiger partial charge in [-0.3, -0.25) is 4.79 Å². The van der Waals surface area contributed by atoms with Crippen molar-refractivity contribution in [2.75, 3.05) is 14.2 Å². The maximum atomic E-state index is 12.3. The number of hydrogen-bond donors (Lipinski definition) is 4. The fourth-order valence-electron chi connectivity index (χ4n) is 10.0. The Kier molecular flexibility index (Phi) is 8.98. The number of aromatic hydroxyl groups is 2. The molecule has 6 rings (SSSR count). The molecule has 260 valence electrons. The van der Waals surface area contributed by atoms with E-state index in [2.05, 4.69) is 33.8 Å². The molecule has 0 spiro atoms. The molecule has 3 saturated carbocycles. The van der Waals surface area contributed by atoms with Crippen molar-refractivity contribution in [1.29, 1.82) is 0 Å². The Morgan fingerprint density at radius 1 is 0.875 bits per heavy atom. The molecule has 6 unspecified atom stereocenters. The lowest BCUT2D eigenvalue weighted by molar-refractivity contribution is -0.177. The van der Waals surface area contributed by atoms with Crippen LogP contribution >= 0.6 is 0 Å². The van der Waals surface area contributed by atoms with Crippen LogP contribution in [0, 0.1) is 34.5 Å². The number of benzene rings is 2. The molecular formula is C40H52O8. The number of fused-ring (bicyclic) bond motifs is 7. The second kappa shape index (κ2) is 12.2. The summed E-state index contributed by atoms with van der Waals surface area (Å²) in [6.07, 6.45) is 12.6. The molecule has 0 amide bonds. The normalized spacial score (nSPS) is 33.5. The molecule has 6 atom stereocenters. The molecule has 48 heavy (non-hydrogen) atoms. The first-order valence-corrected chi connectivity index (χ1v) is 17.0. The zero-order valence-corrected chi connectivity index (χ0v) is 29.7. The van der Waals surface area contributed by atoms with Crippen molar-refractivity contribution in [2.24, 2.45) is 27.6 Å². The van der Waals surface area contributed by atoms with Crippen molar-refractivity contribution < 1.29 is 39.5 Å². The van der Waals surface area contributed by atoms with Gasteiger partial charge in [0.2, 0.25) is 0 Å². The Labute approximate surface area is 284 Å². The van der Waals surface area contributed by atoms with Gasteiger partial charge in [0.05, 0.1) is 19.6 Å². The lowest BCUT2D eigenvalue weighted by Crippen LogP contribution is -2.62. The monoisotopic (exact) mass is 660 g/mol. The van der Waals surface area contributed by atoms with Gasteiger partial charge in [0.15, 0.2) is 23.0 Å². The summed E-state index contributed by atoms with van der Waals surface area (Å²) in [5.41, 5.74) is 4.75. The van der Waals surface area contributed by atoms with Crippen molar-refractivity contribution in [1.82, 2.24) is 0 Å². The maximum absolute atomic E-state index is 12.3. The number of aliphatic carboxylic acids is 2. The van der Waals surface area contributed by atoms with Gasteiger partial charge < -0.3 is 29.9 Å². The molecule has 0 bridgehead atoms. The van der Waals surface area contributed by atoms with Crippen LogP contribution in [0.5, 0.6) is 23.0 Å². The van der Waals surface area contributed by atoms with Crippen LogP contribution < -0.4 is 9.47 Å². The molecule has 0 aromatic heterocycles. The molecule has 8 heteroatoms. The Morgan fingerprint density at radius 2 is 1.54 bits per heavy atom. The number of rotatable bonds is 5. The minimum Gasteiger partial charge on any atom is -0.504 e. The van der Waals surface area contributed by atoms with Gasteiger partial charge in [-0.15, -0.1) is 0 Å². The van der Waals surface area contributed by atoms with Gasteiger partial charge >= 0.3 is 11.9 Å². The summed E-state index contributed by atoms with van der Waals surface area (Å²) in [6.45, 7) is 13.5. The van der Waals surface area contributed by atoms with E-state index in [4.69, 9.17) is 14.6 Å². The smallest absolute Gasteiger partial charge is 0.328 e. The number of methoxy groups -OCH3 is 2. The molecular weight excluding hydrogens is 608 g/mol. The molecule has 0 saturated heterocycles. The van der Waals surface area contributed by atoms with E-state index in [9.17, 15) is 24.9 Å². The predicted molar refractivity (Wildman–Crippen MR) is 186 cm³/mol. The van der Waals surface area contributed by atoms with Crippen LogP contribution in [-0.2, 0) is 21.4 Å². The van der Waals surface area contributed by atoms with E-state index >= 15 is 0 Å². The van der Waals surface area contributed by atoms with Crippen molar-refractivity contribution in [3.05, 3.63) is 64.2 Å². The van der Waals surface area contributed by atoms with E-state index in [1.54, 1.807) is 25.3 Å². The highest BCUT2D eigenvalue weighted by molar-refractivity contribution is 5.85. The Hall–Kier alpha value is -3.94. The minimum atomic E-state index is -0.982. The van der Waals surface area contributed by atoms with Gasteiger partial charge in [-0.2, -0.15) is 0 Å². The number of allylic oxidation sites excluding steroid dienone is 2. The van der Waals surface area contributed by atoms with Crippen LogP contribution in [0.15, 0.2) is 42.0 Å². The average molecular weight is 661 g/mol. The molecule has 4 N–H and O–H groups in total. The first-order chi connectivity index (χ1) is 22.4. The summed E-state index contributed by atoms with van der Waals surface area (Å²) in [6, 6.07) is 6.99. The van der Waals surface area contributed by atoms with Gasteiger partial charge in [-0.05, 0) is 134 Å². The largest absolute Gasteiger partial charge is 0.504 e. The average Bonchev–Trinajstić information content (AvgIpc) is 3.05. The fourth-order valence-corrected chi connectivity index (χ4v) is 10.0. The van der Waals surface area contributed by atoms with Gasteiger partial charge in [0.25, 0.3) is 0 Å². The van der Waals surface area contributed by atoms with Crippen molar-refractivity contribution in [3.8, 4) is 23.0 Å². The lowest BCUT2D eigenvalue weighted by Gasteiger charge is -2.69. The van der Waals surface area contributed by atoms with Crippen molar-refractivity contribution in [3.63, 3.8) is 0 Å². The van der Waals surface area contributed by atoms with E-state index < -0.39 is 17.4 Å². The van der Waals surface area contributed by atoms with Crippen LogP contribution in [-0.4, -0.2) is 46.6 Å². The number of hydrogen-bond acceptors (Lipinski definition) is 6. The first kappa shape index (κ1) is 35.4. The molecule has 3 fully saturated rings. The highest BCUT2D eigenvalue weighted by Crippen LogP contribution is 2.74. The fraction of sp³-hybridized carbons (Fsp3) is 0.550.